The molecule has 0 radical (unpaired) electrons. The van der Waals surface area contributed by atoms with Crippen molar-refractivity contribution in [1.82, 2.24) is 9.55 Å². The van der Waals surface area contributed by atoms with Gasteiger partial charge in [0.1, 0.15) is 5.56 Å². The van der Waals surface area contributed by atoms with Gasteiger partial charge in [0.25, 0.3) is 5.56 Å². The fraction of sp³-hybridized carbons (Fsp3) is 0.0833. The van der Waals surface area contributed by atoms with Crippen molar-refractivity contribution in [2.24, 2.45) is 0 Å². The molecular weight excluding hydrogens is 220 g/mol. The lowest BCUT2D eigenvalue weighted by atomic mass is 10.2. The summed E-state index contributed by atoms with van der Waals surface area (Å²) in [5, 5.41) is 8.83. The summed E-state index contributed by atoms with van der Waals surface area (Å²) in [6.45, 7) is 0.265. The van der Waals surface area contributed by atoms with E-state index in [4.69, 9.17) is 5.11 Å². The number of carbonyl (C=O) groups is 1. The lowest BCUT2D eigenvalue weighted by molar-refractivity contribution is 0.0694. The Bertz CT molecular complexity index is 590. The van der Waals surface area contributed by atoms with Crippen molar-refractivity contribution in [3.8, 4) is 0 Å². The van der Waals surface area contributed by atoms with E-state index in [1.165, 1.54) is 16.7 Å². The second-order valence-electron chi connectivity index (χ2n) is 3.48. The number of carboxylic acids is 1. The van der Waals surface area contributed by atoms with Gasteiger partial charge in [0.2, 0.25) is 0 Å². The number of aromatic carboxylic acids is 1. The Hall–Kier alpha value is -2.43. The zero-order chi connectivity index (χ0) is 12.3. The largest absolute Gasteiger partial charge is 0.477 e. The van der Waals surface area contributed by atoms with Crippen LogP contribution < -0.4 is 5.56 Å². The zero-order valence-electron chi connectivity index (χ0n) is 8.91. The van der Waals surface area contributed by atoms with Crippen LogP contribution in [-0.2, 0) is 6.54 Å². The first kappa shape index (κ1) is 11.1. The van der Waals surface area contributed by atoms with Crippen molar-refractivity contribution in [3.05, 3.63) is 64.3 Å². The minimum absolute atomic E-state index is 0.233. The molecule has 0 amide bonds. The van der Waals surface area contributed by atoms with Crippen LogP contribution in [0.3, 0.4) is 0 Å². The Morgan fingerprint density at radius 3 is 2.76 bits per heavy atom. The minimum atomic E-state index is -1.22. The van der Waals surface area contributed by atoms with Crippen LogP contribution in [0.5, 0.6) is 0 Å². The molecule has 5 nitrogen and oxygen atoms in total. The average molecular weight is 230 g/mol. The van der Waals surface area contributed by atoms with E-state index in [0.29, 0.717) is 5.69 Å². The molecule has 86 valence electrons. The third-order valence-electron chi connectivity index (χ3n) is 2.31. The molecule has 1 N–H and O–H groups in total. The molecule has 0 unspecified atom stereocenters. The molecule has 5 heteroatoms. The molecule has 0 aliphatic heterocycles. The summed E-state index contributed by atoms with van der Waals surface area (Å²) in [4.78, 5) is 26.6. The van der Waals surface area contributed by atoms with E-state index >= 15 is 0 Å². The van der Waals surface area contributed by atoms with Crippen LogP contribution in [0.25, 0.3) is 0 Å². The monoisotopic (exact) mass is 230 g/mol. The standard InChI is InChI=1S/C12H10N2O3/c15-11-10(12(16)17)5-3-7-14(11)8-9-4-1-2-6-13-9/h1-7H,8H2,(H,16,17). The van der Waals surface area contributed by atoms with E-state index in [0.717, 1.165) is 0 Å². The Labute approximate surface area is 97.0 Å². The quantitative estimate of drug-likeness (QED) is 0.853. The summed E-state index contributed by atoms with van der Waals surface area (Å²) in [5.41, 5.74) is -0.0498. The summed E-state index contributed by atoms with van der Waals surface area (Å²) in [5.74, 6) is -1.22. The SMILES string of the molecule is O=C(O)c1cccn(Cc2ccccn2)c1=O. The van der Waals surface area contributed by atoms with E-state index in [1.54, 1.807) is 24.5 Å². The summed E-state index contributed by atoms with van der Waals surface area (Å²) < 4.78 is 1.33. The number of nitrogens with zero attached hydrogens (tertiary/aromatic N) is 2. The van der Waals surface area contributed by atoms with E-state index in [1.807, 2.05) is 6.07 Å². The van der Waals surface area contributed by atoms with Gasteiger partial charge < -0.3 is 9.67 Å². The third-order valence-corrected chi connectivity index (χ3v) is 2.31. The molecule has 0 bridgehead atoms. The van der Waals surface area contributed by atoms with Gasteiger partial charge >= 0.3 is 5.97 Å². The second kappa shape index (κ2) is 4.61. The number of hydrogen-bond acceptors (Lipinski definition) is 3. The van der Waals surface area contributed by atoms with E-state index in [9.17, 15) is 9.59 Å². The Morgan fingerprint density at radius 1 is 1.29 bits per heavy atom. The molecule has 2 aromatic heterocycles. The third kappa shape index (κ3) is 2.39. The minimum Gasteiger partial charge on any atom is -0.477 e. The van der Waals surface area contributed by atoms with Gasteiger partial charge in [0.05, 0.1) is 12.2 Å². The fourth-order valence-corrected chi connectivity index (χ4v) is 1.49. The van der Waals surface area contributed by atoms with Gasteiger partial charge in [0.15, 0.2) is 0 Å². The number of hydrogen-bond donors (Lipinski definition) is 1. The zero-order valence-corrected chi connectivity index (χ0v) is 8.91. The van der Waals surface area contributed by atoms with Gasteiger partial charge in [-0.1, -0.05) is 6.07 Å². The van der Waals surface area contributed by atoms with Crippen LogP contribution in [0.2, 0.25) is 0 Å². The topological polar surface area (TPSA) is 72.2 Å². The van der Waals surface area contributed by atoms with Crippen molar-refractivity contribution in [2.75, 3.05) is 0 Å². The summed E-state index contributed by atoms with van der Waals surface area (Å²) >= 11 is 0. The highest BCUT2D eigenvalue weighted by molar-refractivity contribution is 5.86. The highest BCUT2D eigenvalue weighted by atomic mass is 16.4. The van der Waals surface area contributed by atoms with Crippen molar-refractivity contribution in [1.29, 1.82) is 0 Å². The summed E-state index contributed by atoms with van der Waals surface area (Å²) in [6, 6.07) is 8.20. The predicted octanol–water partition coefficient (Wildman–Crippen LogP) is 0.990. The number of pyridine rings is 2. The molecule has 2 rings (SSSR count). The maximum atomic E-state index is 11.8. The smallest absolute Gasteiger partial charge is 0.341 e. The predicted molar refractivity (Wildman–Crippen MR) is 61.0 cm³/mol. The van der Waals surface area contributed by atoms with Crippen LogP contribution in [-0.4, -0.2) is 20.6 Å². The molecular formula is C12H10N2O3. The number of carboxylic acid groups (broad SMARTS) is 1. The lowest BCUT2D eigenvalue weighted by Crippen LogP contribution is -2.26. The van der Waals surface area contributed by atoms with Gasteiger partial charge in [-0.3, -0.25) is 9.78 Å². The number of aromatic nitrogens is 2. The van der Waals surface area contributed by atoms with Gasteiger partial charge in [-0.15, -0.1) is 0 Å². The Balaban J connectivity index is 2.38. The van der Waals surface area contributed by atoms with Crippen LogP contribution in [0, 0.1) is 0 Å². The normalized spacial score (nSPS) is 10.1. The van der Waals surface area contributed by atoms with E-state index < -0.39 is 11.5 Å². The van der Waals surface area contributed by atoms with Crippen molar-refractivity contribution >= 4 is 5.97 Å². The van der Waals surface area contributed by atoms with Gasteiger partial charge in [-0.05, 0) is 24.3 Å². The molecule has 17 heavy (non-hydrogen) atoms. The van der Waals surface area contributed by atoms with E-state index in [2.05, 4.69) is 4.98 Å². The second-order valence-corrected chi connectivity index (χ2v) is 3.48. The van der Waals surface area contributed by atoms with Crippen LogP contribution in [0.4, 0.5) is 0 Å². The first-order chi connectivity index (χ1) is 8.18. The maximum Gasteiger partial charge on any atom is 0.341 e. The lowest BCUT2D eigenvalue weighted by Gasteiger charge is -2.05. The molecule has 0 aliphatic rings. The first-order valence-corrected chi connectivity index (χ1v) is 5.01. The van der Waals surface area contributed by atoms with Crippen LogP contribution >= 0.6 is 0 Å². The summed E-state index contributed by atoms with van der Waals surface area (Å²) in [6.07, 6.45) is 3.17. The van der Waals surface area contributed by atoms with Gasteiger partial charge in [-0.2, -0.15) is 0 Å². The number of rotatable bonds is 3. The molecule has 2 heterocycles. The fourth-order valence-electron chi connectivity index (χ4n) is 1.49. The molecule has 0 aliphatic carbocycles. The molecule has 0 fully saturated rings. The van der Waals surface area contributed by atoms with Crippen LogP contribution in [0.15, 0.2) is 47.5 Å². The van der Waals surface area contributed by atoms with Crippen molar-refractivity contribution in [3.63, 3.8) is 0 Å². The maximum absolute atomic E-state index is 11.8. The molecule has 0 atom stereocenters. The van der Waals surface area contributed by atoms with E-state index in [-0.39, 0.29) is 12.1 Å². The van der Waals surface area contributed by atoms with Gasteiger partial charge in [0, 0.05) is 12.4 Å². The van der Waals surface area contributed by atoms with Crippen molar-refractivity contribution < 1.29 is 9.90 Å². The molecule has 0 saturated heterocycles. The summed E-state index contributed by atoms with van der Waals surface area (Å²) in [7, 11) is 0. The average Bonchev–Trinajstić information content (AvgIpc) is 2.33. The first-order valence-electron chi connectivity index (χ1n) is 5.01. The van der Waals surface area contributed by atoms with Crippen LogP contribution in [0.1, 0.15) is 16.1 Å². The Kier molecular flexibility index (Phi) is 3.00. The molecule has 0 spiro atoms. The van der Waals surface area contributed by atoms with Crippen molar-refractivity contribution in [2.45, 2.75) is 6.54 Å². The highest BCUT2D eigenvalue weighted by Crippen LogP contribution is 1.98. The molecule has 2 aromatic rings. The Morgan fingerprint density at radius 2 is 2.12 bits per heavy atom. The molecule has 0 saturated carbocycles. The highest BCUT2D eigenvalue weighted by Gasteiger charge is 2.10. The molecule has 0 aromatic carbocycles. The van der Waals surface area contributed by atoms with Gasteiger partial charge in [-0.25, -0.2) is 4.79 Å².